The van der Waals surface area contributed by atoms with Gasteiger partial charge in [0.2, 0.25) is 0 Å². The highest BCUT2D eigenvalue weighted by Crippen LogP contribution is 2.33. The van der Waals surface area contributed by atoms with E-state index in [-0.39, 0.29) is 18.0 Å². The molecule has 1 fully saturated rings. The molecule has 2 aliphatic rings. The summed E-state index contributed by atoms with van der Waals surface area (Å²) in [6.45, 7) is 4.20. The van der Waals surface area contributed by atoms with Gasteiger partial charge in [0.15, 0.2) is 11.9 Å². The highest BCUT2D eigenvalue weighted by molar-refractivity contribution is 5.95. The molecule has 0 aromatic carbocycles. The number of rotatable bonds is 17. The fraction of sp³-hybridized carbons (Fsp3) is 0.800. The second-order valence-corrected chi connectivity index (χ2v) is 9.24. The van der Waals surface area contributed by atoms with Crippen molar-refractivity contribution in [1.29, 1.82) is 0 Å². The van der Waals surface area contributed by atoms with Gasteiger partial charge >= 0.3 is 5.97 Å². The zero-order valence-electron chi connectivity index (χ0n) is 20.7. The van der Waals surface area contributed by atoms with Gasteiger partial charge in [0, 0.05) is 18.8 Å². The Labute approximate surface area is 200 Å². The Morgan fingerprint density at radius 2 is 1.70 bits per heavy atom. The number of nitrogens with two attached hydrogens (primary N) is 3. The Balaban J connectivity index is 1.76. The number of hydrogen-bond acceptors (Lipinski definition) is 6. The molecule has 33 heavy (non-hydrogen) atoms. The van der Waals surface area contributed by atoms with Crippen LogP contribution in [0.1, 0.15) is 103 Å². The van der Waals surface area contributed by atoms with Crippen molar-refractivity contribution >= 4 is 17.9 Å². The first-order valence-corrected chi connectivity index (χ1v) is 13.1. The molecule has 1 saturated heterocycles. The van der Waals surface area contributed by atoms with Crippen LogP contribution in [0.3, 0.4) is 0 Å². The van der Waals surface area contributed by atoms with Crippen LogP contribution in [-0.4, -0.2) is 48.5 Å². The van der Waals surface area contributed by atoms with Crippen LogP contribution in [0.4, 0.5) is 0 Å². The molecular weight excluding hydrogens is 416 g/mol. The van der Waals surface area contributed by atoms with E-state index in [2.05, 4.69) is 11.9 Å². The van der Waals surface area contributed by atoms with Crippen molar-refractivity contribution in [2.24, 2.45) is 27.2 Å². The SMILES string of the molecule is CCCCCCCCC[C@@H]1N=C(N)N2CCCC2=C1C(=O)OCCCCCCCN=C(N)N. The summed E-state index contributed by atoms with van der Waals surface area (Å²) >= 11 is 0. The van der Waals surface area contributed by atoms with Crippen LogP contribution in [0.25, 0.3) is 0 Å². The number of esters is 1. The molecule has 0 aromatic heterocycles. The molecular formula is C25H46N6O2. The van der Waals surface area contributed by atoms with Crippen LogP contribution in [0.15, 0.2) is 21.3 Å². The Kier molecular flexibility index (Phi) is 12.7. The first-order valence-electron chi connectivity index (χ1n) is 13.1. The summed E-state index contributed by atoms with van der Waals surface area (Å²) in [4.78, 5) is 23.8. The van der Waals surface area contributed by atoms with Crippen molar-refractivity contribution in [2.75, 3.05) is 19.7 Å². The van der Waals surface area contributed by atoms with E-state index in [1.54, 1.807) is 0 Å². The Bertz CT molecular complexity index is 684. The molecule has 8 heteroatoms. The van der Waals surface area contributed by atoms with E-state index in [0.717, 1.165) is 75.6 Å². The summed E-state index contributed by atoms with van der Waals surface area (Å²) in [5.41, 5.74) is 18.7. The average molecular weight is 463 g/mol. The quantitative estimate of drug-likeness (QED) is 0.130. The lowest BCUT2D eigenvalue weighted by Crippen LogP contribution is -2.41. The number of aliphatic imine (C=N–C) groups is 2. The lowest BCUT2D eigenvalue weighted by Gasteiger charge is -2.30. The summed E-state index contributed by atoms with van der Waals surface area (Å²) in [6.07, 6.45) is 16.5. The first kappa shape index (κ1) is 27.0. The molecule has 0 amide bonds. The van der Waals surface area contributed by atoms with Crippen molar-refractivity contribution in [2.45, 2.75) is 109 Å². The van der Waals surface area contributed by atoms with Gasteiger partial charge in [-0.1, -0.05) is 71.1 Å². The topological polar surface area (TPSA) is 132 Å². The minimum absolute atomic E-state index is 0.150. The molecule has 0 unspecified atom stereocenters. The number of carbonyl (C=O) groups excluding carboxylic acids is 1. The number of unbranched alkanes of at least 4 members (excludes halogenated alkanes) is 10. The van der Waals surface area contributed by atoms with Crippen LogP contribution in [0.2, 0.25) is 0 Å². The van der Waals surface area contributed by atoms with E-state index >= 15 is 0 Å². The van der Waals surface area contributed by atoms with Crippen LogP contribution in [-0.2, 0) is 9.53 Å². The number of nitrogens with zero attached hydrogens (tertiary/aromatic N) is 3. The molecule has 2 rings (SSSR count). The fourth-order valence-electron chi connectivity index (χ4n) is 4.65. The predicted octanol–water partition coefficient (Wildman–Crippen LogP) is 3.94. The van der Waals surface area contributed by atoms with Gasteiger partial charge in [0.1, 0.15) is 0 Å². The van der Waals surface area contributed by atoms with Crippen LogP contribution in [0.5, 0.6) is 0 Å². The van der Waals surface area contributed by atoms with E-state index in [1.165, 1.54) is 38.5 Å². The zero-order chi connectivity index (χ0) is 23.9. The third-order valence-electron chi connectivity index (χ3n) is 6.46. The van der Waals surface area contributed by atoms with Gasteiger partial charge in [-0.15, -0.1) is 0 Å². The number of fused-ring (bicyclic) bond motifs is 1. The maximum Gasteiger partial charge on any atom is 0.337 e. The molecule has 1 atom stereocenters. The first-order chi connectivity index (χ1) is 16.0. The van der Waals surface area contributed by atoms with Gasteiger partial charge < -0.3 is 26.8 Å². The Hall–Kier alpha value is -2.25. The molecule has 2 aliphatic heterocycles. The second kappa shape index (κ2) is 15.6. The summed E-state index contributed by atoms with van der Waals surface area (Å²) < 4.78 is 5.70. The molecule has 2 heterocycles. The molecule has 0 spiro atoms. The van der Waals surface area contributed by atoms with E-state index in [9.17, 15) is 4.79 Å². The average Bonchev–Trinajstić information content (AvgIpc) is 3.27. The standard InChI is InChI=1S/C25H46N6O2/c1-2-3-4-5-6-8-11-15-20-22(21-16-14-18-31(21)25(28)30-20)23(32)33-19-13-10-7-9-12-17-29-24(26)27/h20H,2-19H2,1H3,(H2,28,30)(H4,26,27,29)/t20-/m0/s1. The number of guanidine groups is 2. The number of ether oxygens (including phenoxy) is 1. The van der Waals surface area contributed by atoms with Gasteiger partial charge in [-0.3, -0.25) is 4.99 Å². The van der Waals surface area contributed by atoms with E-state index in [1.807, 2.05) is 4.90 Å². The maximum absolute atomic E-state index is 13.0. The van der Waals surface area contributed by atoms with Gasteiger partial charge in [-0.05, 0) is 32.1 Å². The molecule has 8 nitrogen and oxygen atoms in total. The van der Waals surface area contributed by atoms with Gasteiger partial charge in [-0.25, -0.2) is 9.79 Å². The van der Waals surface area contributed by atoms with E-state index in [0.29, 0.717) is 19.1 Å². The predicted molar refractivity (Wildman–Crippen MR) is 136 cm³/mol. The molecule has 0 saturated carbocycles. The van der Waals surface area contributed by atoms with Gasteiger partial charge in [0.25, 0.3) is 0 Å². The van der Waals surface area contributed by atoms with Crippen molar-refractivity contribution in [1.82, 2.24) is 4.90 Å². The Morgan fingerprint density at radius 3 is 2.42 bits per heavy atom. The smallest absolute Gasteiger partial charge is 0.337 e. The van der Waals surface area contributed by atoms with Crippen molar-refractivity contribution in [3.05, 3.63) is 11.3 Å². The lowest BCUT2D eigenvalue weighted by molar-refractivity contribution is -0.139. The minimum atomic E-state index is -0.200. The molecule has 0 radical (unpaired) electrons. The lowest BCUT2D eigenvalue weighted by atomic mass is 9.96. The molecule has 188 valence electrons. The van der Waals surface area contributed by atoms with Gasteiger partial charge in [-0.2, -0.15) is 0 Å². The largest absolute Gasteiger partial charge is 0.462 e. The molecule has 0 aliphatic carbocycles. The number of hydrogen-bond donors (Lipinski definition) is 3. The summed E-state index contributed by atoms with van der Waals surface area (Å²) in [5, 5.41) is 0. The van der Waals surface area contributed by atoms with Crippen molar-refractivity contribution in [3.8, 4) is 0 Å². The highest BCUT2D eigenvalue weighted by Gasteiger charge is 2.36. The number of allylic oxidation sites excluding steroid dienone is 1. The van der Waals surface area contributed by atoms with Crippen molar-refractivity contribution < 1.29 is 9.53 Å². The second-order valence-electron chi connectivity index (χ2n) is 9.24. The van der Waals surface area contributed by atoms with Crippen molar-refractivity contribution in [3.63, 3.8) is 0 Å². The fourth-order valence-corrected chi connectivity index (χ4v) is 4.65. The van der Waals surface area contributed by atoms with Crippen LogP contribution >= 0.6 is 0 Å². The zero-order valence-corrected chi connectivity index (χ0v) is 20.7. The summed E-state index contributed by atoms with van der Waals surface area (Å²) in [5.74, 6) is 0.513. The maximum atomic E-state index is 13.0. The van der Waals surface area contributed by atoms with Crippen LogP contribution in [0, 0.1) is 0 Å². The third-order valence-corrected chi connectivity index (χ3v) is 6.46. The Morgan fingerprint density at radius 1 is 1.03 bits per heavy atom. The number of carbonyl (C=O) groups is 1. The minimum Gasteiger partial charge on any atom is -0.462 e. The van der Waals surface area contributed by atoms with E-state index < -0.39 is 0 Å². The molecule has 0 aromatic rings. The highest BCUT2D eigenvalue weighted by atomic mass is 16.5. The third kappa shape index (κ3) is 9.64. The normalized spacial score (nSPS) is 17.7. The monoisotopic (exact) mass is 462 g/mol. The molecule has 0 bridgehead atoms. The van der Waals surface area contributed by atoms with E-state index in [4.69, 9.17) is 26.9 Å². The summed E-state index contributed by atoms with van der Waals surface area (Å²) in [6, 6.07) is -0.159. The molecule has 6 N–H and O–H groups in total. The summed E-state index contributed by atoms with van der Waals surface area (Å²) in [7, 11) is 0. The van der Waals surface area contributed by atoms with Gasteiger partial charge in [0.05, 0.1) is 18.2 Å². The van der Waals surface area contributed by atoms with Crippen LogP contribution < -0.4 is 17.2 Å².